The number of benzene rings is 2. The number of rotatable bonds is 2. The van der Waals surface area contributed by atoms with Gasteiger partial charge in [-0.25, -0.2) is 9.79 Å². The van der Waals surface area contributed by atoms with Crippen LogP contribution in [0.5, 0.6) is 0 Å². The molecule has 19 heavy (non-hydrogen) atoms. The van der Waals surface area contributed by atoms with Crippen LogP contribution in [0.15, 0.2) is 47.5 Å². The van der Waals surface area contributed by atoms with Crippen molar-refractivity contribution in [3.05, 3.63) is 53.6 Å². The summed E-state index contributed by atoms with van der Waals surface area (Å²) in [5.74, 6) is -0.937. The summed E-state index contributed by atoms with van der Waals surface area (Å²) in [6.45, 7) is 2.05. The van der Waals surface area contributed by atoms with E-state index in [-0.39, 0.29) is 5.71 Å². The zero-order chi connectivity index (χ0) is 13.4. The van der Waals surface area contributed by atoms with Crippen LogP contribution in [0.4, 0.5) is 5.69 Å². The number of hydrogen-bond acceptors (Lipinski definition) is 2. The Morgan fingerprint density at radius 1 is 1.11 bits per heavy atom. The number of fused-ring (bicyclic) bond motifs is 1. The number of hydrogen-bond donors (Lipinski definition) is 1. The smallest absolute Gasteiger partial charge is 0.350 e. The Bertz CT molecular complexity index is 684. The standard InChI is InChI=1S/C16H13NO2/c1-10-2-4-11(5-3-10)12-6-7-13-9-15(16(18)19)17-14(13)8-12/h2-8H,9H2,1H3,(H,18,19). The maximum Gasteiger partial charge on any atom is 0.350 e. The Kier molecular flexibility index (Phi) is 2.67. The quantitative estimate of drug-likeness (QED) is 0.889. The number of aliphatic carboxylic acids is 1. The largest absolute Gasteiger partial charge is 0.477 e. The van der Waals surface area contributed by atoms with Gasteiger partial charge in [0.25, 0.3) is 0 Å². The van der Waals surface area contributed by atoms with E-state index < -0.39 is 5.97 Å². The SMILES string of the molecule is Cc1ccc(-c2ccc3c(c2)N=C(C(=O)O)C3)cc1. The fourth-order valence-corrected chi connectivity index (χ4v) is 2.23. The molecule has 3 nitrogen and oxygen atoms in total. The van der Waals surface area contributed by atoms with Gasteiger partial charge in [-0.2, -0.15) is 0 Å². The van der Waals surface area contributed by atoms with E-state index in [1.807, 2.05) is 18.2 Å². The minimum atomic E-state index is -0.937. The fourth-order valence-electron chi connectivity index (χ4n) is 2.23. The number of carbonyl (C=O) groups is 1. The summed E-state index contributed by atoms with van der Waals surface area (Å²) in [5.41, 5.74) is 5.37. The van der Waals surface area contributed by atoms with Crippen molar-refractivity contribution < 1.29 is 9.90 Å². The van der Waals surface area contributed by atoms with Crippen LogP contribution in [0, 0.1) is 6.92 Å². The first-order valence-electron chi connectivity index (χ1n) is 6.14. The second-order valence-corrected chi connectivity index (χ2v) is 4.75. The lowest BCUT2D eigenvalue weighted by atomic mass is 10.0. The van der Waals surface area contributed by atoms with Crippen molar-refractivity contribution in [2.24, 2.45) is 4.99 Å². The monoisotopic (exact) mass is 251 g/mol. The van der Waals surface area contributed by atoms with Gasteiger partial charge in [0.05, 0.1) is 5.69 Å². The summed E-state index contributed by atoms with van der Waals surface area (Å²) in [7, 11) is 0. The predicted molar refractivity (Wildman–Crippen MR) is 75.0 cm³/mol. The van der Waals surface area contributed by atoms with E-state index in [4.69, 9.17) is 5.11 Å². The average Bonchev–Trinajstić information content (AvgIpc) is 2.82. The zero-order valence-corrected chi connectivity index (χ0v) is 10.6. The molecule has 2 aromatic carbocycles. The molecule has 0 aliphatic carbocycles. The van der Waals surface area contributed by atoms with E-state index in [1.165, 1.54) is 5.56 Å². The van der Waals surface area contributed by atoms with Gasteiger partial charge in [-0.3, -0.25) is 0 Å². The molecule has 3 heteroatoms. The molecule has 0 spiro atoms. The van der Waals surface area contributed by atoms with Gasteiger partial charge in [-0.1, -0.05) is 42.0 Å². The van der Waals surface area contributed by atoms with E-state index in [0.29, 0.717) is 6.42 Å². The molecule has 0 unspecified atom stereocenters. The Hall–Kier alpha value is -2.42. The van der Waals surface area contributed by atoms with E-state index in [1.54, 1.807) is 0 Å². The highest BCUT2D eigenvalue weighted by Gasteiger charge is 2.20. The third kappa shape index (κ3) is 2.15. The maximum atomic E-state index is 10.9. The van der Waals surface area contributed by atoms with Gasteiger partial charge in [0, 0.05) is 6.42 Å². The van der Waals surface area contributed by atoms with Crippen LogP contribution in [-0.2, 0) is 11.2 Å². The summed E-state index contributed by atoms with van der Waals surface area (Å²) in [6, 6.07) is 14.2. The van der Waals surface area contributed by atoms with Gasteiger partial charge >= 0.3 is 5.97 Å². The third-order valence-corrected chi connectivity index (χ3v) is 3.33. The van der Waals surface area contributed by atoms with Crippen molar-refractivity contribution in [1.82, 2.24) is 0 Å². The molecular formula is C16H13NO2. The summed E-state index contributed by atoms with van der Waals surface area (Å²) >= 11 is 0. The van der Waals surface area contributed by atoms with Crippen molar-refractivity contribution in [3.63, 3.8) is 0 Å². The average molecular weight is 251 g/mol. The number of carboxylic acid groups (broad SMARTS) is 1. The van der Waals surface area contributed by atoms with Crippen LogP contribution in [0.2, 0.25) is 0 Å². The molecule has 1 aliphatic heterocycles. The third-order valence-electron chi connectivity index (χ3n) is 3.33. The Morgan fingerprint density at radius 2 is 1.79 bits per heavy atom. The highest BCUT2D eigenvalue weighted by molar-refractivity contribution is 6.37. The van der Waals surface area contributed by atoms with Crippen molar-refractivity contribution in [3.8, 4) is 11.1 Å². The minimum absolute atomic E-state index is 0.219. The number of aliphatic imine (C=N–C) groups is 1. The first-order chi connectivity index (χ1) is 9.13. The summed E-state index contributed by atoms with van der Waals surface area (Å²) in [5, 5.41) is 8.97. The van der Waals surface area contributed by atoms with Crippen LogP contribution in [0.3, 0.4) is 0 Å². The van der Waals surface area contributed by atoms with E-state index in [9.17, 15) is 4.79 Å². The highest BCUT2D eigenvalue weighted by atomic mass is 16.4. The van der Waals surface area contributed by atoms with Crippen LogP contribution in [0.1, 0.15) is 11.1 Å². The van der Waals surface area contributed by atoms with Crippen LogP contribution < -0.4 is 0 Å². The first kappa shape index (κ1) is 11.7. The zero-order valence-electron chi connectivity index (χ0n) is 10.6. The fraction of sp³-hybridized carbons (Fsp3) is 0.125. The molecule has 1 aliphatic rings. The van der Waals surface area contributed by atoms with Gasteiger partial charge in [-0.05, 0) is 29.7 Å². The summed E-state index contributed by atoms with van der Waals surface area (Å²) < 4.78 is 0. The minimum Gasteiger partial charge on any atom is -0.477 e. The molecule has 3 rings (SSSR count). The van der Waals surface area contributed by atoms with Crippen LogP contribution >= 0.6 is 0 Å². The molecule has 0 aromatic heterocycles. The molecule has 0 bridgehead atoms. The van der Waals surface area contributed by atoms with E-state index >= 15 is 0 Å². The van der Waals surface area contributed by atoms with Gasteiger partial charge in [-0.15, -0.1) is 0 Å². The lowest BCUT2D eigenvalue weighted by molar-refractivity contribution is -0.129. The van der Waals surface area contributed by atoms with Crippen molar-refractivity contribution in [1.29, 1.82) is 0 Å². The van der Waals surface area contributed by atoms with Gasteiger partial charge in [0.15, 0.2) is 0 Å². The van der Waals surface area contributed by atoms with Crippen molar-refractivity contribution in [2.45, 2.75) is 13.3 Å². The lowest BCUT2D eigenvalue weighted by Gasteiger charge is -2.04. The summed E-state index contributed by atoms with van der Waals surface area (Å²) in [4.78, 5) is 15.1. The molecule has 0 amide bonds. The molecular weight excluding hydrogens is 238 g/mol. The molecule has 1 heterocycles. The normalized spacial score (nSPS) is 13.0. The molecule has 0 atom stereocenters. The Labute approximate surface area is 111 Å². The van der Waals surface area contributed by atoms with Gasteiger partial charge in [0.1, 0.15) is 5.71 Å². The van der Waals surface area contributed by atoms with Gasteiger partial charge in [0.2, 0.25) is 0 Å². The molecule has 0 fully saturated rings. The highest BCUT2D eigenvalue weighted by Crippen LogP contribution is 2.32. The second kappa shape index (κ2) is 4.35. The Morgan fingerprint density at radius 3 is 2.47 bits per heavy atom. The molecule has 1 N–H and O–H groups in total. The van der Waals surface area contributed by atoms with Gasteiger partial charge < -0.3 is 5.11 Å². The Balaban J connectivity index is 2.01. The maximum absolute atomic E-state index is 10.9. The number of aryl methyl sites for hydroxylation is 1. The summed E-state index contributed by atoms with van der Waals surface area (Å²) in [6.07, 6.45) is 0.416. The molecule has 0 saturated heterocycles. The first-order valence-corrected chi connectivity index (χ1v) is 6.14. The topological polar surface area (TPSA) is 49.7 Å². The van der Waals surface area contributed by atoms with E-state index in [0.717, 1.165) is 22.4 Å². The second-order valence-electron chi connectivity index (χ2n) is 4.75. The van der Waals surface area contributed by atoms with Crippen molar-refractivity contribution in [2.75, 3.05) is 0 Å². The molecule has 0 saturated carbocycles. The number of nitrogens with zero attached hydrogens (tertiary/aromatic N) is 1. The predicted octanol–water partition coefficient (Wildman–Crippen LogP) is 3.38. The molecule has 0 radical (unpaired) electrons. The molecule has 94 valence electrons. The van der Waals surface area contributed by atoms with Crippen LogP contribution in [0.25, 0.3) is 11.1 Å². The molecule has 2 aromatic rings. The number of carboxylic acids is 1. The van der Waals surface area contributed by atoms with Crippen LogP contribution in [-0.4, -0.2) is 16.8 Å². The van der Waals surface area contributed by atoms with E-state index in [2.05, 4.69) is 36.2 Å². The lowest BCUT2D eigenvalue weighted by Crippen LogP contribution is -2.11. The van der Waals surface area contributed by atoms with Crippen molar-refractivity contribution >= 4 is 17.4 Å².